The first-order valence-electron chi connectivity index (χ1n) is 7.16. The Kier molecular flexibility index (Phi) is 6.06. The van der Waals surface area contributed by atoms with Crippen LogP contribution in [0, 0.1) is 6.92 Å². The fraction of sp³-hybridized carbons (Fsp3) is 0.176. The maximum Gasteiger partial charge on any atom is 0.279 e. The van der Waals surface area contributed by atoms with E-state index >= 15 is 0 Å². The molecule has 2 N–H and O–H groups in total. The molecule has 1 unspecified atom stereocenters. The summed E-state index contributed by atoms with van der Waals surface area (Å²) < 4.78 is 5.47. The standard InChI is InChI=1S/C17H16Cl2N2O3/c1-10-6-3-4-7-12(10)17(23)21-20-16(22)11(2)24-14-9-5-8-13(18)15(14)19/h3-9,11H,1-2H3,(H,20,22)(H,21,23). The number of hydrogen-bond acceptors (Lipinski definition) is 3. The largest absolute Gasteiger partial charge is 0.479 e. The van der Waals surface area contributed by atoms with Crippen LogP contribution in [-0.4, -0.2) is 17.9 Å². The number of halogens is 2. The van der Waals surface area contributed by atoms with Crippen molar-refractivity contribution in [2.45, 2.75) is 20.0 Å². The van der Waals surface area contributed by atoms with Crippen LogP contribution in [0.15, 0.2) is 42.5 Å². The van der Waals surface area contributed by atoms with Gasteiger partial charge in [-0.05, 0) is 37.6 Å². The van der Waals surface area contributed by atoms with Gasteiger partial charge < -0.3 is 4.74 Å². The molecule has 0 saturated carbocycles. The summed E-state index contributed by atoms with van der Waals surface area (Å²) in [4.78, 5) is 24.1. The first-order valence-corrected chi connectivity index (χ1v) is 7.92. The van der Waals surface area contributed by atoms with E-state index in [0.717, 1.165) is 5.56 Å². The van der Waals surface area contributed by atoms with Gasteiger partial charge >= 0.3 is 0 Å². The SMILES string of the molecule is Cc1ccccc1C(=O)NNC(=O)C(C)Oc1cccc(Cl)c1Cl. The summed E-state index contributed by atoms with van der Waals surface area (Å²) in [7, 11) is 0. The minimum atomic E-state index is -0.877. The summed E-state index contributed by atoms with van der Waals surface area (Å²) in [6, 6.07) is 11.9. The summed E-state index contributed by atoms with van der Waals surface area (Å²) >= 11 is 11.9. The van der Waals surface area contributed by atoms with Crippen LogP contribution in [0.2, 0.25) is 10.0 Å². The summed E-state index contributed by atoms with van der Waals surface area (Å²) in [5.74, 6) is -0.639. The maximum atomic E-state index is 12.0. The van der Waals surface area contributed by atoms with Gasteiger partial charge in [-0.2, -0.15) is 0 Å². The normalized spacial score (nSPS) is 11.5. The summed E-state index contributed by atoms with van der Waals surface area (Å²) in [5, 5.41) is 0.553. The predicted molar refractivity (Wildman–Crippen MR) is 93.3 cm³/mol. The number of benzene rings is 2. The van der Waals surface area contributed by atoms with Crippen molar-refractivity contribution in [2.75, 3.05) is 0 Å². The highest BCUT2D eigenvalue weighted by Crippen LogP contribution is 2.32. The third kappa shape index (κ3) is 4.40. The predicted octanol–water partition coefficient (Wildman–Crippen LogP) is 3.53. The van der Waals surface area contributed by atoms with Gasteiger partial charge in [0.05, 0.1) is 5.02 Å². The molecule has 0 heterocycles. The van der Waals surface area contributed by atoms with Crippen LogP contribution in [0.4, 0.5) is 0 Å². The van der Waals surface area contributed by atoms with Crippen LogP contribution in [0.5, 0.6) is 5.75 Å². The molecule has 1 atom stereocenters. The third-order valence-corrected chi connectivity index (χ3v) is 4.08. The number of hydrazine groups is 1. The van der Waals surface area contributed by atoms with Crippen molar-refractivity contribution in [1.29, 1.82) is 0 Å². The minimum Gasteiger partial charge on any atom is -0.479 e. The van der Waals surface area contributed by atoms with Crippen molar-refractivity contribution in [3.05, 3.63) is 63.6 Å². The Morgan fingerprint density at radius 3 is 2.46 bits per heavy atom. The summed E-state index contributed by atoms with van der Waals surface area (Å²) in [5.41, 5.74) is 5.96. The smallest absolute Gasteiger partial charge is 0.279 e. The Labute approximate surface area is 149 Å². The Bertz CT molecular complexity index is 765. The first-order chi connectivity index (χ1) is 11.4. The fourth-order valence-electron chi connectivity index (χ4n) is 1.93. The average Bonchev–Trinajstić information content (AvgIpc) is 2.56. The van der Waals surface area contributed by atoms with Crippen molar-refractivity contribution in [2.24, 2.45) is 0 Å². The van der Waals surface area contributed by atoms with E-state index in [1.54, 1.807) is 30.3 Å². The summed E-state index contributed by atoms with van der Waals surface area (Å²) in [6.45, 7) is 3.34. The second-order valence-corrected chi connectivity index (χ2v) is 5.86. The minimum absolute atomic E-state index is 0.225. The number of carbonyl (C=O) groups is 2. The number of rotatable bonds is 4. The topological polar surface area (TPSA) is 67.4 Å². The highest BCUT2D eigenvalue weighted by molar-refractivity contribution is 6.42. The molecule has 0 radical (unpaired) electrons. The number of ether oxygens (including phenoxy) is 1. The Hall–Kier alpha value is -2.24. The van der Waals surface area contributed by atoms with E-state index < -0.39 is 17.9 Å². The zero-order valence-electron chi connectivity index (χ0n) is 13.1. The number of aryl methyl sites for hydroxylation is 1. The van der Waals surface area contributed by atoms with Gasteiger partial charge in [-0.15, -0.1) is 0 Å². The van der Waals surface area contributed by atoms with E-state index in [9.17, 15) is 9.59 Å². The molecule has 2 aromatic carbocycles. The van der Waals surface area contributed by atoms with Gasteiger partial charge in [0.2, 0.25) is 0 Å². The molecule has 0 aliphatic carbocycles. The molecule has 0 aliphatic rings. The Balaban J connectivity index is 1.93. The zero-order valence-corrected chi connectivity index (χ0v) is 14.6. The monoisotopic (exact) mass is 366 g/mol. The van der Waals surface area contributed by atoms with Crippen LogP contribution < -0.4 is 15.6 Å². The number of amides is 2. The molecule has 126 valence electrons. The van der Waals surface area contributed by atoms with Gasteiger partial charge in [0.1, 0.15) is 10.8 Å². The molecule has 0 bridgehead atoms. The van der Waals surface area contributed by atoms with E-state index in [2.05, 4.69) is 10.9 Å². The highest BCUT2D eigenvalue weighted by atomic mass is 35.5. The molecule has 2 amide bonds. The van der Waals surface area contributed by atoms with E-state index in [1.165, 1.54) is 6.92 Å². The van der Waals surface area contributed by atoms with E-state index in [4.69, 9.17) is 27.9 Å². The lowest BCUT2D eigenvalue weighted by Crippen LogP contribution is -2.47. The molecule has 24 heavy (non-hydrogen) atoms. The first kappa shape index (κ1) is 18.1. The highest BCUT2D eigenvalue weighted by Gasteiger charge is 2.18. The van der Waals surface area contributed by atoms with Gasteiger partial charge in [0, 0.05) is 5.56 Å². The quantitative estimate of drug-likeness (QED) is 0.813. The van der Waals surface area contributed by atoms with E-state index in [1.807, 2.05) is 19.1 Å². The van der Waals surface area contributed by atoms with Crippen LogP contribution in [0.3, 0.4) is 0 Å². The maximum absolute atomic E-state index is 12.0. The van der Waals surface area contributed by atoms with E-state index in [0.29, 0.717) is 10.6 Å². The van der Waals surface area contributed by atoms with Gasteiger partial charge in [-0.25, -0.2) is 0 Å². The molecular formula is C17H16Cl2N2O3. The molecular weight excluding hydrogens is 351 g/mol. The van der Waals surface area contributed by atoms with Gasteiger partial charge in [-0.3, -0.25) is 20.4 Å². The molecule has 5 nitrogen and oxygen atoms in total. The molecule has 0 saturated heterocycles. The van der Waals surface area contributed by atoms with Crippen molar-refractivity contribution in [1.82, 2.24) is 10.9 Å². The van der Waals surface area contributed by atoms with Crippen molar-refractivity contribution in [3.8, 4) is 5.75 Å². The lowest BCUT2D eigenvalue weighted by molar-refractivity contribution is -0.128. The average molecular weight is 367 g/mol. The van der Waals surface area contributed by atoms with Gasteiger partial charge in [0.25, 0.3) is 11.8 Å². The molecule has 2 rings (SSSR count). The Morgan fingerprint density at radius 2 is 1.75 bits per heavy atom. The summed E-state index contributed by atoms with van der Waals surface area (Å²) in [6.07, 6.45) is -0.877. The Morgan fingerprint density at radius 1 is 1.04 bits per heavy atom. The molecule has 0 spiro atoms. The van der Waals surface area contributed by atoms with Crippen molar-refractivity contribution < 1.29 is 14.3 Å². The molecule has 2 aromatic rings. The van der Waals surface area contributed by atoms with Crippen LogP contribution in [0.1, 0.15) is 22.8 Å². The van der Waals surface area contributed by atoms with Crippen molar-refractivity contribution in [3.63, 3.8) is 0 Å². The second-order valence-electron chi connectivity index (χ2n) is 5.07. The van der Waals surface area contributed by atoms with Crippen LogP contribution >= 0.6 is 23.2 Å². The number of carbonyl (C=O) groups excluding carboxylic acids is 2. The molecule has 0 aromatic heterocycles. The third-order valence-electron chi connectivity index (χ3n) is 3.28. The van der Waals surface area contributed by atoms with E-state index in [-0.39, 0.29) is 10.8 Å². The molecule has 0 aliphatic heterocycles. The van der Waals surface area contributed by atoms with Crippen molar-refractivity contribution >= 4 is 35.0 Å². The molecule has 0 fully saturated rings. The number of nitrogens with one attached hydrogen (secondary N) is 2. The van der Waals surface area contributed by atoms with Crippen LogP contribution in [0.25, 0.3) is 0 Å². The van der Waals surface area contributed by atoms with Gasteiger partial charge in [0.15, 0.2) is 6.10 Å². The molecule has 7 heteroatoms. The van der Waals surface area contributed by atoms with Gasteiger partial charge in [-0.1, -0.05) is 47.5 Å². The lowest BCUT2D eigenvalue weighted by Gasteiger charge is -2.16. The lowest BCUT2D eigenvalue weighted by atomic mass is 10.1. The number of hydrogen-bond donors (Lipinski definition) is 2. The second kappa shape index (κ2) is 8.04. The zero-order chi connectivity index (χ0) is 17.7. The van der Waals surface area contributed by atoms with Crippen LogP contribution in [-0.2, 0) is 4.79 Å². The fourth-order valence-corrected chi connectivity index (χ4v) is 2.27.